The van der Waals surface area contributed by atoms with E-state index in [-0.39, 0.29) is 5.78 Å². The number of hydrogen-bond donors (Lipinski definition) is 0. The van der Waals surface area contributed by atoms with E-state index >= 15 is 0 Å². The highest BCUT2D eigenvalue weighted by Gasteiger charge is 1.98. The normalized spacial score (nSPS) is 9.30. The average Bonchev–Trinajstić information content (AvgIpc) is 2.05. The second-order valence-corrected chi connectivity index (χ2v) is 2.14. The molecule has 1 aromatic carbocycles. The number of carbonyl (C=O) groups excluding carboxylic acids is 1. The highest BCUT2D eigenvalue weighted by atomic mass is 16.1. The number of carbonyl (C=O) groups is 1. The van der Waals surface area contributed by atoms with Gasteiger partial charge in [0, 0.05) is 12.0 Å². The fourth-order valence-electron chi connectivity index (χ4n) is 0.828. The van der Waals surface area contributed by atoms with Gasteiger partial charge in [-0.2, -0.15) is 0 Å². The summed E-state index contributed by atoms with van der Waals surface area (Å²) in [4.78, 5) is 11.0. The molecule has 0 aliphatic carbocycles. The molecule has 1 aromatic rings. The molecule has 0 spiro atoms. The Balaban J connectivity index is 2.85. The van der Waals surface area contributed by atoms with Crippen LogP contribution in [0.25, 0.3) is 0 Å². The van der Waals surface area contributed by atoms with Crippen LogP contribution in [0.5, 0.6) is 0 Å². The quantitative estimate of drug-likeness (QED) is 0.565. The minimum Gasteiger partial charge on any atom is -0.294 e. The Hall–Kier alpha value is -1.11. The summed E-state index contributed by atoms with van der Waals surface area (Å²) in [5.74, 6) is 0.209. The molecule has 0 aromatic heterocycles. The van der Waals surface area contributed by atoms with E-state index in [1.165, 1.54) is 0 Å². The van der Waals surface area contributed by atoms with Crippen LogP contribution in [0, 0.1) is 0 Å². The molecule has 0 radical (unpaired) electrons. The van der Waals surface area contributed by atoms with E-state index in [2.05, 4.69) is 0 Å². The predicted molar refractivity (Wildman–Crippen MR) is 41.1 cm³/mol. The largest absolute Gasteiger partial charge is 0.294 e. The third kappa shape index (κ3) is 1.44. The first-order chi connectivity index (χ1) is 4.84. The average molecular weight is 133 g/mol. The lowest BCUT2D eigenvalue weighted by Gasteiger charge is -1.93. The van der Waals surface area contributed by atoms with Crippen LogP contribution in [0.2, 0.25) is 0 Å². The zero-order chi connectivity index (χ0) is 7.40. The van der Waals surface area contributed by atoms with Crippen molar-refractivity contribution >= 4 is 5.78 Å². The van der Waals surface area contributed by atoms with Gasteiger partial charge in [-0.05, 0) is 0 Å². The van der Waals surface area contributed by atoms with E-state index < -0.39 is 0 Å². The molecule has 0 saturated heterocycles. The summed E-state index contributed by atoms with van der Waals surface area (Å²) >= 11 is 0. The third-order valence-electron chi connectivity index (χ3n) is 1.42. The topological polar surface area (TPSA) is 17.1 Å². The molecule has 1 heteroatoms. The maximum Gasteiger partial charge on any atom is 0.162 e. The van der Waals surface area contributed by atoms with E-state index in [1.54, 1.807) is 0 Å². The van der Waals surface area contributed by atoms with Crippen LogP contribution in [0.15, 0.2) is 30.3 Å². The first kappa shape index (κ1) is 7.00. The summed E-state index contributed by atoms with van der Waals surface area (Å²) in [6.07, 6.45) is 0.587. The lowest BCUT2D eigenvalue weighted by molar-refractivity contribution is 0.0988. The molecule has 0 aliphatic rings. The van der Waals surface area contributed by atoms with Crippen molar-refractivity contribution in [1.29, 1.82) is 0 Å². The third-order valence-corrected chi connectivity index (χ3v) is 1.42. The second-order valence-electron chi connectivity index (χ2n) is 2.14. The van der Waals surface area contributed by atoms with E-state index in [4.69, 9.17) is 0 Å². The summed E-state index contributed by atoms with van der Waals surface area (Å²) in [7, 11) is 0. The van der Waals surface area contributed by atoms with Gasteiger partial charge in [-0.3, -0.25) is 4.79 Å². The molecule has 0 amide bonds. The van der Waals surface area contributed by atoms with Gasteiger partial charge < -0.3 is 0 Å². The van der Waals surface area contributed by atoms with Crippen LogP contribution in [0.4, 0.5) is 0 Å². The first-order valence-electron chi connectivity index (χ1n) is 3.43. The first-order valence-corrected chi connectivity index (χ1v) is 3.43. The van der Waals surface area contributed by atoms with Crippen molar-refractivity contribution in [3.8, 4) is 0 Å². The van der Waals surface area contributed by atoms with E-state index in [9.17, 15) is 4.79 Å². The predicted octanol–water partition coefficient (Wildman–Crippen LogP) is 2.28. The zero-order valence-corrected chi connectivity index (χ0v) is 6.00. The number of benzene rings is 1. The minimum absolute atomic E-state index is 0.209. The molecule has 0 unspecified atom stereocenters. The molecule has 0 heterocycles. The molecule has 0 fully saturated rings. The van der Waals surface area contributed by atoms with Crippen LogP contribution in [0.3, 0.4) is 0 Å². The monoisotopic (exact) mass is 133 g/mol. The van der Waals surface area contributed by atoms with Crippen molar-refractivity contribution in [2.24, 2.45) is 0 Å². The van der Waals surface area contributed by atoms with Gasteiger partial charge >= 0.3 is 0 Å². The Bertz CT molecular complexity index is 213. The zero-order valence-electron chi connectivity index (χ0n) is 6.00. The van der Waals surface area contributed by atoms with Crippen molar-refractivity contribution in [3.63, 3.8) is 0 Å². The summed E-state index contributed by atoms with van der Waals surface area (Å²) < 4.78 is 0. The van der Waals surface area contributed by atoms with Crippen LogP contribution >= 0.6 is 0 Å². The van der Waals surface area contributed by atoms with Crippen molar-refractivity contribution in [2.45, 2.75) is 13.3 Å². The Morgan fingerprint density at radius 1 is 1.30 bits per heavy atom. The van der Waals surface area contributed by atoms with Gasteiger partial charge in [-0.1, -0.05) is 37.3 Å². The maximum atomic E-state index is 11.0. The number of ketones is 1. The van der Waals surface area contributed by atoms with Gasteiger partial charge in [0.25, 0.3) is 0 Å². The SMILES string of the molecule is CC[11C](=O)c1ccccc1. The lowest BCUT2D eigenvalue weighted by atomic mass is 9.74. The van der Waals surface area contributed by atoms with Gasteiger partial charge in [0.2, 0.25) is 0 Å². The summed E-state index contributed by atoms with van der Waals surface area (Å²) in [5.41, 5.74) is 0.810. The maximum absolute atomic E-state index is 11.0. The highest BCUT2D eigenvalue weighted by Crippen LogP contribution is 2.01. The summed E-state index contributed by atoms with van der Waals surface area (Å²) in [6.45, 7) is 1.87. The molecular formula is C9H10O. The summed E-state index contributed by atoms with van der Waals surface area (Å²) in [6, 6.07) is 9.34. The Labute approximate surface area is 60.7 Å². The minimum atomic E-state index is 0.209. The number of rotatable bonds is 2. The van der Waals surface area contributed by atoms with Crippen molar-refractivity contribution in [2.75, 3.05) is 0 Å². The van der Waals surface area contributed by atoms with Gasteiger partial charge in [0.15, 0.2) is 5.78 Å². The van der Waals surface area contributed by atoms with Crippen LogP contribution in [0.1, 0.15) is 23.7 Å². The van der Waals surface area contributed by atoms with E-state index in [1.807, 2.05) is 37.3 Å². The fraction of sp³-hybridized carbons (Fsp3) is 0.222. The molecule has 10 heavy (non-hydrogen) atoms. The van der Waals surface area contributed by atoms with Crippen LogP contribution < -0.4 is 0 Å². The molecule has 0 N–H and O–H groups in total. The molecular weight excluding hydrogens is 123 g/mol. The molecule has 1 rings (SSSR count). The molecule has 1 nitrogen and oxygen atoms in total. The number of hydrogen-bond acceptors (Lipinski definition) is 1. The van der Waals surface area contributed by atoms with Crippen LogP contribution in [-0.4, -0.2) is 5.78 Å². The smallest absolute Gasteiger partial charge is 0.162 e. The molecule has 0 aliphatic heterocycles. The van der Waals surface area contributed by atoms with Crippen molar-refractivity contribution < 1.29 is 4.79 Å². The number of Topliss-reactive ketones (excluding diaryl/α,β-unsaturated/α-hetero) is 1. The summed E-state index contributed by atoms with van der Waals surface area (Å²) in [5, 5.41) is 0. The van der Waals surface area contributed by atoms with E-state index in [0.717, 1.165) is 5.56 Å². The fourth-order valence-corrected chi connectivity index (χ4v) is 0.828. The Morgan fingerprint density at radius 3 is 2.40 bits per heavy atom. The molecule has 0 saturated carbocycles. The van der Waals surface area contributed by atoms with Gasteiger partial charge in [0.1, 0.15) is 0 Å². The second kappa shape index (κ2) is 3.16. The highest BCUT2D eigenvalue weighted by molar-refractivity contribution is 5.95. The molecule has 0 atom stereocenters. The van der Waals surface area contributed by atoms with Gasteiger partial charge in [-0.25, -0.2) is 0 Å². The Kier molecular flexibility index (Phi) is 2.21. The Morgan fingerprint density at radius 2 is 1.90 bits per heavy atom. The lowest BCUT2D eigenvalue weighted by Crippen LogP contribution is -1.94. The van der Waals surface area contributed by atoms with Gasteiger partial charge in [-0.15, -0.1) is 0 Å². The molecule has 52 valence electrons. The standard InChI is InChI=1S/C9H10O/c1-2-9(10)8-6-4-3-5-7-8/h3-7H,2H2,1H3/i9-1. The van der Waals surface area contributed by atoms with Crippen LogP contribution in [-0.2, 0) is 0 Å². The van der Waals surface area contributed by atoms with Crippen molar-refractivity contribution in [1.82, 2.24) is 0 Å². The van der Waals surface area contributed by atoms with E-state index in [0.29, 0.717) is 6.42 Å². The van der Waals surface area contributed by atoms with Gasteiger partial charge in [0.05, 0.1) is 0 Å². The molecule has 0 bridgehead atoms. The van der Waals surface area contributed by atoms with Crippen molar-refractivity contribution in [3.05, 3.63) is 35.9 Å².